The summed E-state index contributed by atoms with van der Waals surface area (Å²) in [7, 11) is 1.82. The number of nitrogens with zero attached hydrogens (tertiary/aromatic N) is 4. The third-order valence-electron chi connectivity index (χ3n) is 3.04. The van der Waals surface area contributed by atoms with Crippen molar-refractivity contribution in [2.24, 2.45) is 10.3 Å². The van der Waals surface area contributed by atoms with Gasteiger partial charge in [0, 0.05) is 12.7 Å². The molecule has 0 spiro atoms. The number of ether oxygens (including phenoxy) is 1. The van der Waals surface area contributed by atoms with Crippen molar-refractivity contribution in [3.05, 3.63) is 29.8 Å². The normalized spacial score (nSPS) is 17.2. The Bertz CT molecular complexity index is 487. The molecule has 122 valence electrons. The predicted molar refractivity (Wildman–Crippen MR) is 88.2 cm³/mol. The Morgan fingerprint density at radius 2 is 1.95 bits per heavy atom. The summed E-state index contributed by atoms with van der Waals surface area (Å²) < 4.78 is 5.35. The topological polar surface area (TPSA) is 57.5 Å². The molecule has 6 heteroatoms. The fourth-order valence-corrected chi connectivity index (χ4v) is 2.05. The molecule has 1 aromatic rings. The molecule has 0 N–H and O–H groups in total. The number of likely N-dealkylation sites (N-methyl/N-ethyl adjacent to an activating group) is 1. The van der Waals surface area contributed by atoms with Crippen LogP contribution in [0.15, 0.2) is 34.6 Å². The van der Waals surface area contributed by atoms with Crippen LogP contribution < -0.4 is 4.90 Å². The number of rotatable bonds is 5. The summed E-state index contributed by atoms with van der Waals surface area (Å²) in [5.74, 6) is 0. The number of carbonyl (C=O) groups is 1. The molecule has 0 bridgehead atoms. The maximum atomic E-state index is 11.9. The molecule has 1 fully saturated rings. The molecule has 2 rings (SSSR count). The first-order chi connectivity index (χ1) is 10.6. The number of amides is 1. The molecule has 1 saturated heterocycles. The maximum absolute atomic E-state index is 11.9. The maximum Gasteiger partial charge on any atom is 0.414 e. The van der Waals surface area contributed by atoms with Crippen LogP contribution in [0.5, 0.6) is 0 Å². The van der Waals surface area contributed by atoms with Crippen LogP contribution in [0.2, 0.25) is 0 Å². The molecule has 1 aliphatic heterocycles. The Balaban J connectivity index is 0.00000116. The molecule has 1 amide bonds. The van der Waals surface area contributed by atoms with Crippen LogP contribution in [0, 0.1) is 6.92 Å². The van der Waals surface area contributed by atoms with Gasteiger partial charge in [0.1, 0.15) is 6.10 Å². The van der Waals surface area contributed by atoms with Crippen LogP contribution in [-0.2, 0) is 4.74 Å². The van der Waals surface area contributed by atoms with E-state index in [-0.39, 0.29) is 12.2 Å². The smallest absolute Gasteiger partial charge is 0.414 e. The highest BCUT2D eigenvalue weighted by Gasteiger charge is 2.32. The average Bonchev–Trinajstić information content (AvgIpc) is 2.88. The largest absolute Gasteiger partial charge is 0.442 e. The van der Waals surface area contributed by atoms with E-state index in [4.69, 9.17) is 4.74 Å². The van der Waals surface area contributed by atoms with Crippen molar-refractivity contribution < 1.29 is 9.53 Å². The first kappa shape index (κ1) is 17.9. The molecule has 0 saturated carbocycles. The van der Waals surface area contributed by atoms with E-state index in [9.17, 15) is 4.79 Å². The van der Waals surface area contributed by atoms with Gasteiger partial charge >= 0.3 is 6.09 Å². The summed E-state index contributed by atoms with van der Waals surface area (Å²) in [5, 5.41) is 9.60. The van der Waals surface area contributed by atoms with Gasteiger partial charge in [0.05, 0.1) is 19.6 Å². The fourth-order valence-electron chi connectivity index (χ4n) is 2.05. The van der Waals surface area contributed by atoms with Crippen molar-refractivity contribution in [2.75, 3.05) is 31.6 Å². The summed E-state index contributed by atoms with van der Waals surface area (Å²) in [4.78, 5) is 13.5. The van der Waals surface area contributed by atoms with Gasteiger partial charge in [-0.15, -0.1) is 0 Å². The Morgan fingerprint density at radius 1 is 1.32 bits per heavy atom. The van der Waals surface area contributed by atoms with Crippen molar-refractivity contribution in [3.63, 3.8) is 0 Å². The lowest BCUT2D eigenvalue weighted by Gasteiger charge is -2.15. The molecule has 1 heterocycles. The standard InChI is InChI=1S/C14H20N4O2.C2H6/c1-4-15-16-17(3)9-13-10-18(14(19)20-13)12-7-5-11(2)6-8-12;1-2/h5-8,13H,4,9-10H2,1-3H3;1-2H3. The van der Waals surface area contributed by atoms with Crippen molar-refractivity contribution >= 4 is 11.8 Å². The molecule has 1 atom stereocenters. The Hall–Kier alpha value is -2.11. The minimum absolute atomic E-state index is 0.190. The Morgan fingerprint density at radius 3 is 2.55 bits per heavy atom. The second kappa shape index (κ2) is 9.02. The number of aryl methyl sites for hydroxylation is 1. The second-order valence-corrected chi connectivity index (χ2v) is 4.84. The summed E-state index contributed by atoms with van der Waals surface area (Å²) in [6, 6.07) is 7.83. The summed E-state index contributed by atoms with van der Waals surface area (Å²) in [6.07, 6.45) is -0.496. The third-order valence-corrected chi connectivity index (χ3v) is 3.04. The zero-order valence-corrected chi connectivity index (χ0v) is 14.1. The van der Waals surface area contributed by atoms with Crippen LogP contribution >= 0.6 is 0 Å². The van der Waals surface area contributed by atoms with Gasteiger partial charge in [-0.3, -0.25) is 9.91 Å². The van der Waals surface area contributed by atoms with E-state index in [0.717, 1.165) is 11.3 Å². The van der Waals surface area contributed by atoms with Crippen molar-refractivity contribution in [1.82, 2.24) is 5.01 Å². The van der Waals surface area contributed by atoms with Crippen LogP contribution in [0.3, 0.4) is 0 Å². The zero-order chi connectivity index (χ0) is 16.5. The Labute approximate surface area is 132 Å². The first-order valence-electron chi connectivity index (χ1n) is 7.73. The van der Waals surface area contributed by atoms with E-state index in [1.165, 1.54) is 0 Å². The summed E-state index contributed by atoms with van der Waals surface area (Å²) in [5.41, 5.74) is 2.03. The third kappa shape index (κ3) is 5.02. The quantitative estimate of drug-likeness (QED) is 0.616. The summed E-state index contributed by atoms with van der Waals surface area (Å²) >= 11 is 0. The molecule has 1 unspecified atom stereocenters. The van der Waals surface area contributed by atoms with Crippen molar-refractivity contribution in [2.45, 2.75) is 33.8 Å². The lowest BCUT2D eigenvalue weighted by molar-refractivity contribution is 0.115. The highest BCUT2D eigenvalue weighted by molar-refractivity contribution is 5.89. The lowest BCUT2D eigenvalue weighted by Crippen LogP contribution is -2.29. The number of anilines is 1. The van der Waals surface area contributed by atoms with E-state index in [2.05, 4.69) is 10.3 Å². The van der Waals surface area contributed by atoms with E-state index in [1.807, 2.05) is 59.0 Å². The number of benzene rings is 1. The molecule has 1 aromatic carbocycles. The molecular weight excluding hydrogens is 280 g/mol. The first-order valence-corrected chi connectivity index (χ1v) is 7.73. The van der Waals surface area contributed by atoms with Crippen molar-refractivity contribution in [3.8, 4) is 0 Å². The number of hydrogen-bond acceptors (Lipinski definition) is 4. The molecule has 0 aliphatic carbocycles. The predicted octanol–water partition coefficient (Wildman–Crippen LogP) is 3.67. The number of cyclic esters (lactones) is 1. The van der Waals surface area contributed by atoms with Gasteiger partial charge in [-0.2, -0.15) is 5.11 Å². The van der Waals surface area contributed by atoms with Gasteiger partial charge in [0.25, 0.3) is 0 Å². The highest BCUT2D eigenvalue weighted by atomic mass is 16.6. The van der Waals surface area contributed by atoms with Gasteiger partial charge in [0.15, 0.2) is 0 Å². The Kier molecular flexibility index (Phi) is 7.36. The van der Waals surface area contributed by atoms with Gasteiger partial charge in [-0.1, -0.05) is 36.8 Å². The van der Waals surface area contributed by atoms with Crippen LogP contribution in [0.1, 0.15) is 26.3 Å². The molecule has 6 nitrogen and oxygen atoms in total. The van der Waals surface area contributed by atoms with E-state index < -0.39 is 0 Å². The minimum atomic E-state index is -0.306. The average molecular weight is 306 g/mol. The SMILES string of the molecule is CC.CCN=NN(C)CC1CN(c2ccc(C)cc2)C(=O)O1. The van der Waals surface area contributed by atoms with Crippen LogP contribution in [0.25, 0.3) is 0 Å². The molecule has 0 aromatic heterocycles. The van der Waals surface area contributed by atoms with E-state index in [0.29, 0.717) is 19.6 Å². The number of carbonyl (C=O) groups excluding carboxylic acids is 1. The minimum Gasteiger partial charge on any atom is -0.442 e. The van der Waals surface area contributed by atoms with Crippen molar-refractivity contribution in [1.29, 1.82) is 0 Å². The highest BCUT2D eigenvalue weighted by Crippen LogP contribution is 2.22. The van der Waals surface area contributed by atoms with E-state index in [1.54, 1.807) is 9.91 Å². The lowest BCUT2D eigenvalue weighted by atomic mass is 10.2. The number of hydrogen-bond donors (Lipinski definition) is 0. The van der Waals surface area contributed by atoms with Crippen LogP contribution in [-0.4, -0.2) is 43.9 Å². The molecule has 22 heavy (non-hydrogen) atoms. The molecular formula is C16H26N4O2. The zero-order valence-electron chi connectivity index (χ0n) is 14.1. The molecule has 1 aliphatic rings. The van der Waals surface area contributed by atoms with Gasteiger partial charge < -0.3 is 4.74 Å². The van der Waals surface area contributed by atoms with Gasteiger partial charge in [0.2, 0.25) is 0 Å². The fraction of sp³-hybridized carbons (Fsp3) is 0.562. The molecule has 0 radical (unpaired) electrons. The monoisotopic (exact) mass is 306 g/mol. The summed E-state index contributed by atoms with van der Waals surface area (Å²) in [6.45, 7) is 9.66. The van der Waals surface area contributed by atoms with Crippen LogP contribution in [0.4, 0.5) is 10.5 Å². The second-order valence-electron chi connectivity index (χ2n) is 4.84. The van der Waals surface area contributed by atoms with E-state index >= 15 is 0 Å². The van der Waals surface area contributed by atoms with Gasteiger partial charge in [-0.25, -0.2) is 4.79 Å². The van der Waals surface area contributed by atoms with Gasteiger partial charge in [-0.05, 0) is 26.0 Å².